The van der Waals surface area contributed by atoms with Crippen molar-refractivity contribution in [3.05, 3.63) is 12.2 Å². The van der Waals surface area contributed by atoms with Crippen LogP contribution in [-0.4, -0.2) is 28.6 Å². The molecule has 4 nitrogen and oxygen atoms in total. The number of Topliss-reactive ketones (excluding diaryl/α,β-unsaturated/α-hetero) is 1. The highest BCUT2D eigenvalue weighted by atomic mass is 16.6. The van der Waals surface area contributed by atoms with Gasteiger partial charge in [-0.15, -0.1) is 0 Å². The van der Waals surface area contributed by atoms with E-state index in [2.05, 4.69) is 13.5 Å². The monoisotopic (exact) mass is 374 g/mol. The predicted octanol–water partition coefficient (Wildman–Crippen LogP) is 4.06. The van der Waals surface area contributed by atoms with Crippen LogP contribution in [0.2, 0.25) is 0 Å². The number of rotatable bonds is 2. The zero-order valence-electron chi connectivity index (χ0n) is 17.0. The number of ketones is 1. The first-order chi connectivity index (χ1) is 12.7. The van der Waals surface area contributed by atoms with Gasteiger partial charge in [0.15, 0.2) is 11.4 Å². The van der Waals surface area contributed by atoms with E-state index in [4.69, 9.17) is 4.74 Å². The van der Waals surface area contributed by atoms with Crippen molar-refractivity contribution in [3.8, 4) is 0 Å². The maximum Gasteiger partial charge on any atom is 0.303 e. The molecule has 4 aliphatic rings. The number of aliphatic hydroxyl groups is 1. The minimum absolute atomic E-state index is 0.0689. The summed E-state index contributed by atoms with van der Waals surface area (Å²) in [7, 11) is 0. The highest BCUT2D eigenvalue weighted by Gasteiger charge is 2.68. The second-order valence-corrected chi connectivity index (χ2v) is 10.00. The molecule has 0 unspecified atom stereocenters. The molecule has 4 saturated carbocycles. The van der Waals surface area contributed by atoms with E-state index in [-0.39, 0.29) is 23.3 Å². The highest BCUT2D eigenvalue weighted by molar-refractivity contribution is 5.92. The largest absolute Gasteiger partial charge is 0.446 e. The minimum Gasteiger partial charge on any atom is -0.446 e. The third-order valence-electron chi connectivity index (χ3n) is 8.88. The lowest BCUT2D eigenvalue weighted by molar-refractivity contribution is -0.182. The molecule has 4 fully saturated rings. The maximum atomic E-state index is 12.8. The number of fused-ring (bicyclic) bond motifs is 5. The zero-order valence-corrected chi connectivity index (χ0v) is 17.0. The third-order valence-corrected chi connectivity index (χ3v) is 8.88. The topological polar surface area (TPSA) is 63.6 Å². The average molecular weight is 375 g/mol. The van der Waals surface area contributed by atoms with Gasteiger partial charge in [0.05, 0.1) is 6.10 Å². The first-order valence-electron chi connectivity index (χ1n) is 10.8. The van der Waals surface area contributed by atoms with Gasteiger partial charge in [0, 0.05) is 12.3 Å². The number of carbonyl (C=O) groups excluding carboxylic acids is 2. The van der Waals surface area contributed by atoms with E-state index in [0.29, 0.717) is 29.6 Å². The molecule has 0 aromatic rings. The van der Waals surface area contributed by atoms with Gasteiger partial charge < -0.3 is 9.84 Å². The Hall–Kier alpha value is -1.16. The van der Waals surface area contributed by atoms with Crippen LogP contribution in [0.5, 0.6) is 0 Å². The van der Waals surface area contributed by atoms with Crippen LogP contribution >= 0.6 is 0 Å². The molecule has 27 heavy (non-hydrogen) atoms. The Kier molecular flexibility index (Phi) is 4.57. The van der Waals surface area contributed by atoms with E-state index in [1.807, 2.05) is 0 Å². The molecule has 0 saturated heterocycles. The smallest absolute Gasteiger partial charge is 0.303 e. The summed E-state index contributed by atoms with van der Waals surface area (Å²) in [6.07, 6.45) is 8.08. The summed E-state index contributed by atoms with van der Waals surface area (Å²) in [5.74, 6) is 2.54. The van der Waals surface area contributed by atoms with Crippen LogP contribution in [0.25, 0.3) is 0 Å². The number of esters is 1. The van der Waals surface area contributed by atoms with Gasteiger partial charge in [-0.2, -0.15) is 0 Å². The standard InChI is InChI=1S/C23H34O4/c1-13-11-21-20-7-5-16-12-17(26)6-8-18(16)19(20)9-10-22(21,4)23(13,14(2)24)27-15(3)25/h16-21,26H,1,5-12H2,2-4H3/t16-,17+,18-,19+,20+,21-,22-,23-/m0/s1. The number of hydrogen-bond acceptors (Lipinski definition) is 4. The van der Waals surface area contributed by atoms with Crippen molar-refractivity contribution in [1.82, 2.24) is 0 Å². The minimum atomic E-state index is -1.14. The summed E-state index contributed by atoms with van der Waals surface area (Å²) in [4.78, 5) is 24.8. The molecular weight excluding hydrogens is 340 g/mol. The molecule has 0 aromatic carbocycles. The maximum absolute atomic E-state index is 12.8. The van der Waals surface area contributed by atoms with Gasteiger partial charge in [-0.3, -0.25) is 9.59 Å². The Balaban J connectivity index is 1.67. The van der Waals surface area contributed by atoms with E-state index in [9.17, 15) is 14.7 Å². The summed E-state index contributed by atoms with van der Waals surface area (Å²) in [5, 5.41) is 10.1. The lowest BCUT2D eigenvalue weighted by Gasteiger charge is -2.57. The summed E-state index contributed by atoms with van der Waals surface area (Å²) >= 11 is 0. The number of aliphatic hydroxyl groups excluding tert-OH is 1. The van der Waals surface area contributed by atoms with Gasteiger partial charge in [0.1, 0.15) is 0 Å². The van der Waals surface area contributed by atoms with E-state index in [1.54, 1.807) is 6.92 Å². The summed E-state index contributed by atoms with van der Waals surface area (Å²) in [5.41, 5.74) is -0.683. The van der Waals surface area contributed by atoms with Gasteiger partial charge >= 0.3 is 5.97 Å². The first kappa shape index (κ1) is 19.2. The summed E-state index contributed by atoms with van der Waals surface area (Å²) < 4.78 is 5.82. The van der Waals surface area contributed by atoms with E-state index in [0.717, 1.165) is 44.1 Å². The number of ether oxygens (including phenoxy) is 1. The van der Waals surface area contributed by atoms with Crippen LogP contribution in [-0.2, 0) is 14.3 Å². The fraction of sp³-hybridized carbons (Fsp3) is 0.826. The molecule has 8 atom stereocenters. The van der Waals surface area contributed by atoms with Gasteiger partial charge in [-0.25, -0.2) is 0 Å². The summed E-state index contributed by atoms with van der Waals surface area (Å²) in [6, 6.07) is 0. The normalized spacial score (nSPS) is 49.0. The Labute approximate surface area is 162 Å². The molecule has 0 aromatic heterocycles. The van der Waals surface area contributed by atoms with E-state index in [1.165, 1.54) is 19.8 Å². The Morgan fingerprint density at radius 1 is 1.07 bits per heavy atom. The average Bonchev–Trinajstić information content (AvgIpc) is 2.82. The first-order valence-corrected chi connectivity index (χ1v) is 10.8. The molecular formula is C23H34O4. The molecule has 0 heterocycles. The van der Waals surface area contributed by atoms with Crippen molar-refractivity contribution in [3.63, 3.8) is 0 Å². The molecule has 0 aliphatic heterocycles. The zero-order chi connectivity index (χ0) is 19.6. The van der Waals surface area contributed by atoms with Gasteiger partial charge in [0.25, 0.3) is 0 Å². The second-order valence-electron chi connectivity index (χ2n) is 10.00. The van der Waals surface area contributed by atoms with Crippen LogP contribution in [0.4, 0.5) is 0 Å². The van der Waals surface area contributed by atoms with Crippen molar-refractivity contribution in [2.24, 2.45) is 35.0 Å². The van der Waals surface area contributed by atoms with E-state index >= 15 is 0 Å². The second kappa shape index (κ2) is 6.43. The Bertz CT molecular complexity index is 669. The fourth-order valence-electron chi connectivity index (χ4n) is 7.90. The molecule has 0 radical (unpaired) electrons. The quantitative estimate of drug-likeness (QED) is 0.585. The summed E-state index contributed by atoms with van der Waals surface area (Å²) in [6.45, 7) is 9.39. The highest BCUT2D eigenvalue weighted by Crippen LogP contribution is 2.67. The molecule has 4 rings (SSSR count). The lowest BCUT2D eigenvalue weighted by Crippen LogP contribution is -2.58. The van der Waals surface area contributed by atoms with Crippen molar-refractivity contribution >= 4 is 11.8 Å². The SMILES string of the molecule is C=C1C[C@H]2[C@@H]3CC[C@H]4C[C@H](O)CC[C@@H]4[C@H]3CC[C@]2(C)[C@@]1(OC(C)=O)C(C)=O. The molecule has 4 heteroatoms. The molecule has 150 valence electrons. The fourth-order valence-corrected chi connectivity index (χ4v) is 7.90. The van der Waals surface area contributed by atoms with Crippen molar-refractivity contribution in [2.75, 3.05) is 0 Å². The molecule has 0 amide bonds. The number of hydrogen-bond donors (Lipinski definition) is 1. The van der Waals surface area contributed by atoms with Crippen LogP contribution in [0, 0.1) is 35.0 Å². The van der Waals surface area contributed by atoms with Crippen LogP contribution < -0.4 is 0 Å². The van der Waals surface area contributed by atoms with Crippen molar-refractivity contribution in [2.45, 2.75) is 83.8 Å². The van der Waals surface area contributed by atoms with Crippen LogP contribution in [0.1, 0.15) is 72.1 Å². The van der Waals surface area contributed by atoms with E-state index < -0.39 is 5.60 Å². The van der Waals surface area contributed by atoms with Crippen LogP contribution in [0.3, 0.4) is 0 Å². The molecule has 0 spiro atoms. The number of carbonyl (C=O) groups is 2. The van der Waals surface area contributed by atoms with Crippen molar-refractivity contribution < 1.29 is 19.4 Å². The predicted molar refractivity (Wildman–Crippen MR) is 103 cm³/mol. The van der Waals surface area contributed by atoms with Gasteiger partial charge in [0.2, 0.25) is 0 Å². The van der Waals surface area contributed by atoms with Gasteiger partial charge in [-0.1, -0.05) is 13.5 Å². The Morgan fingerprint density at radius 2 is 1.78 bits per heavy atom. The molecule has 4 aliphatic carbocycles. The Morgan fingerprint density at radius 3 is 2.44 bits per heavy atom. The molecule has 0 bridgehead atoms. The van der Waals surface area contributed by atoms with Crippen LogP contribution in [0.15, 0.2) is 12.2 Å². The lowest BCUT2D eigenvalue weighted by atomic mass is 9.49. The molecule has 1 N–H and O–H groups in total. The third kappa shape index (κ3) is 2.58. The van der Waals surface area contributed by atoms with Crippen molar-refractivity contribution in [1.29, 1.82) is 0 Å². The van der Waals surface area contributed by atoms with Gasteiger partial charge in [-0.05, 0) is 93.5 Å².